The second kappa shape index (κ2) is 5.03. The average Bonchev–Trinajstić information content (AvgIpc) is 3.10. The van der Waals surface area contributed by atoms with E-state index in [2.05, 4.69) is 15.6 Å². The summed E-state index contributed by atoms with van der Waals surface area (Å²) in [6, 6.07) is 8.00. The number of thiophene rings is 1. The van der Waals surface area contributed by atoms with Crippen LogP contribution in [0.4, 0.5) is 0 Å². The number of hydrogen-bond acceptors (Lipinski definition) is 4. The molecule has 0 spiro atoms. The molecule has 3 aromatic rings. The normalized spacial score (nSPS) is 12.7. The minimum Gasteiger partial charge on any atom is -0.464 e. The van der Waals surface area contributed by atoms with Gasteiger partial charge in [0.1, 0.15) is 17.6 Å². The summed E-state index contributed by atoms with van der Waals surface area (Å²) in [5, 5.41) is 2.04. The van der Waals surface area contributed by atoms with Gasteiger partial charge < -0.3 is 14.7 Å². The maximum absolute atomic E-state index is 5.92. The smallest absolute Gasteiger partial charge is 0.150 e. The summed E-state index contributed by atoms with van der Waals surface area (Å²) in [5.74, 6) is 2.70. The number of nitrogens with two attached hydrogens (primary N) is 1. The van der Waals surface area contributed by atoms with Gasteiger partial charge in [0.05, 0.1) is 4.88 Å². The van der Waals surface area contributed by atoms with Gasteiger partial charge in [-0.3, -0.25) is 0 Å². The molecule has 0 bridgehead atoms. The molecule has 0 amide bonds. The fourth-order valence-electron chi connectivity index (χ4n) is 2.16. The number of nitrogens with zero attached hydrogens (tertiary/aromatic N) is 2. The van der Waals surface area contributed by atoms with Gasteiger partial charge in [-0.05, 0) is 30.5 Å². The maximum atomic E-state index is 5.92. The van der Waals surface area contributed by atoms with Crippen LogP contribution < -0.4 is 5.73 Å². The van der Waals surface area contributed by atoms with E-state index in [1.54, 1.807) is 17.5 Å². The van der Waals surface area contributed by atoms with Crippen molar-refractivity contribution >= 4 is 11.3 Å². The zero-order valence-electron chi connectivity index (χ0n) is 10.6. The number of furan rings is 1. The molecule has 0 saturated heterocycles. The van der Waals surface area contributed by atoms with Gasteiger partial charge in [0, 0.05) is 18.9 Å². The lowest BCUT2D eigenvalue weighted by molar-refractivity contribution is 0.419. The average molecular weight is 273 g/mol. The van der Waals surface area contributed by atoms with Crippen molar-refractivity contribution < 1.29 is 4.42 Å². The van der Waals surface area contributed by atoms with Crippen molar-refractivity contribution in [3.8, 4) is 10.7 Å². The van der Waals surface area contributed by atoms with Gasteiger partial charge in [-0.2, -0.15) is 0 Å². The van der Waals surface area contributed by atoms with Crippen molar-refractivity contribution in [1.29, 1.82) is 0 Å². The van der Waals surface area contributed by atoms with Crippen LogP contribution in [0.1, 0.15) is 17.6 Å². The van der Waals surface area contributed by atoms with Gasteiger partial charge >= 0.3 is 0 Å². The number of rotatable bonds is 4. The van der Waals surface area contributed by atoms with Crippen LogP contribution in [0, 0.1) is 6.92 Å². The molecular formula is C14H15N3OS. The van der Waals surface area contributed by atoms with Crippen molar-refractivity contribution in [1.82, 2.24) is 9.55 Å². The first-order valence-electron chi connectivity index (χ1n) is 6.12. The van der Waals surface area contributed by atoms with Crippen molar-refractivity contribution in [2.45, 2.75) is 13.0 Å². The van der Waals surface area contributed by atoms with Gasteiger partial charge in [0.25, 0.3) is 0 Å². The Morgan fingerprint density at radius 1 is 1.42 bits per heavy atom. The summed E-state index contributed by atoms with van der Waals surface area (Å²) < 4.78 is 7.78. The van der Waals surface area contributed by atoms with Crippen LogP contribution >= 0.6 is 11.3 Å². The molecule has 0 aliphatic rings. The molecule has 1 atom stereocenters. The van der Waals surface area contributed by atoms with Gasteiger partial charge in [-0.15, -0.1) is 11.3 Å². The van der Waals surface area contributed by atoms with Crippen LogP contribution in [0.5, 0.6) is 0 Å². The number of hydrogen-bond donors (Lipinski definition) is 1. The predicted octanol–water partition coefficient (Wildman–Crippen LogP) is 3.06. The molecule has 0 radical (unpaired) electrons. The lowest BCUT2D eigenvalue weighted by Gasteiger charge is -2.16. The lowest BCUT2D eigenvalue weighted by atomic mass is 10.2. The van der Waals surface area contributed by atoms with Crippen LogP contribution in [0.3, 0.4) is 0 Å². The number of aromatic nitrogens is 2. The first-order valence-corrected chi connectivity index (χ1v) is 7.00. The Labute approximate surface area is 115 Å². The Bertz CT molecular complexity index is 654. The summed E-state index contributed by atoms with van der Waals surface area (Å²) in [5.41, 5.74) is 5.92. The molecule has 0 aliphatic heterocycles. The van der Waals surface area contributed by atoms with Crippen LogP contribution in [0.2, 0.25) is 0 Å². The molecule has 0 saturated carbocycles. The van der Waals surface area contributed by atoms with Crippen molar-refractivity contribution in [3.05, 3.63) is 53.6 Å². The Balaban J connectivity index is 2.03. The Hall–Kier alpha value is -1.85. The third-order valence-corrected chi connectivity index (χ3v) is 3.92. The standard InChI is InChI=1S/C14H15N3OS/c1-10-4-5-12(18-10)11(9-15)17-7-6-16-14(17)13-3-2-8-19-13/h2-8,11H,9,15H2,1H3. The van der Waals surface area contributed by atoms with Crippen LogP contribution in [-0.4, -0.2) is 16.1 Å². The molecule has 2 N–H and O–H groups in total. The summed E-state index contributed by atoms with van der Waals surface area (Å²) in [6.07, 6.45) is 3.75. The fourth-order valence-corrected chi connectivity index (χ4v) is 2.88. The van der Waals surface area contributed by atoms with E-state index >= 15 is 0 Å². The maximum Gasteiger partial charge on any atom is 0.150 e. The van der Waals surface area contributed by atoms with E-state index in [1.165, 1.54) is 0 Å². The molecule has 1 unspecified atom stereocenters. The van der Waals surface area contributed by atoms with Crippen molar-refractivity contribution in [3.63, 3.8) is 0 Å². The molecular weight excluding hydrogens is 258 g/mol. The Morgan fingerprint density at radius 3 is 2.95 bits per heavy atom. The Morgan fingerprint density at radius 2 is 2.32 bits per heavy atom. The molecule has 0 aliphatic carbocycles. The molecule has 3 rings (SSSR count). The topological polar surface area (TPSA) is 57.0 Å². The van der Waals surface area contributed by atoms with Gasteiger partial charge in [0.15, 0.2) is 5.82 Å². The predicted molar refractivity (Wildman–Crippen MR) is 76.2 cm³/mol. The van der Waals surface area contributed by atoms with E-state index < -0.39 is 0 Å². The Kier molecular flexibility index (Phi) is 3.23. The number of aryl methyl sites for hydroxylation is 1. The first-order chi connectivity index (χ1) is 9.29. The summed E-state index contributed by atoms with van der Waals surface area (Å²) in [7, 11) is 0. The van der Waals surface area contributed by atoms with Crippen LogP contribution in [0.15, 0.2) is 46.5 Å². The van der Waals surface area contributed by atoms with Gasteiger partial charge in [0.2, 0.25) is 0 Å². The minimum absolute atomic E-state index is 0.0201. The fraction of sp³-hybridized carbons (Fsp3) is 0.214. The molecule has 98 valence electrons. The highest BCUT2D eigenvalue weighted by atomic mass is 32.1. The minimum atomic E-state index is -0.0201. The van der Waals surface area contributed by atoms with E-state index in [4.69, 9.17) is 10.2 Å². The third kappa shape index (κ3) is 2.22. The second-order valence-corrected chi connectivity index (χ2v) is 5.28. The van der Waals surface area contributed by atoms with Crippen LogP contribution in [-0.2, 0) is 0 Å². The van der Waals surface area contributed by atoms with Gasteiger partial charge in [-0.25, -0.2) is 4.98 Å². The van der Waals surface area contributed by atoms with Crippen molar-refractivity contribution in [2.24, 2.45) is 5.73 Å². The highest BCUT2D eigenvalue weighted by Gasteiger charge is 2.19. The highest BCUT2D eigenvalue weighted by Crippen LogP contribution is 2.28. The first kappa shape index (κ1) is 12.2. The lowest BCUT2D eigenvalue weighted by Crippen LogP contribution is -2.20. The molecule has 3 heterocycles. The van der Waals surface area contributed by atoms with E-state index in [0.29, 0.717) is 6.54 Å². The van der Waals surface area contributed by atoms with E-state index in [0.717, 1.165) is 22.2 Å². The molecule has 0 aromatic carbocycles. The molecule has 5 heteroatoms. The third-order valence-electron chi connectivity index (χ3n) is 3.06. The molecule has 19 heavy (non-hydrogen) atoms. The summed E-state index contributed by atoms with van der Waals surface area (Å²) >= 11 is 1.67. The zero-order chi connectivity index (χ0) is 13.2. The van der Waals surface area contributed by atoms with E-state index in [-0.39, 0.29) is 6.04 Å². The van der Waals surface area contributed by atoms with Crippen LogP contribution in [0.25, 0.3) is 10.7 Å². The molecule has 0 fully saturated rings. The number of imidazole rings is 1. The van der Waals surface area contributed by atoms with E-state index in [9.17, 15) is 0 Å². The zero-order valence-corrected chi connectivity index (χ0v) is 11.4. The van der Waals surface area contributed by atoms with Gasteiger partial charge in [-0.1, -0.05) is 6.07 Å². The largest absolute Gasteiger partial charge is 0.464 e. The highest BCUT2D eigenvalue weighted by molar-refractivity contribution is 7.13. The summed E-state index contributed by atoms with van der Waals surface area (Å²) in [4.78, 5) is 5.57. The second-order valence-electron chi connectivity index (χ2n) is 4.34. The molecule has 4 nitrogen and oxygen atoms in total. The quantitative estimate of drug-likeness (QED) is 0.794. The van der Waals surface area contributed by atoms with E-state index in [1.807, 2.05) is 36.7 Å². The monoisotopic (exact) mass is 273 g/mol. The molecule has 3 aromatic heterocycles. The summed E-state index contributed by atoms with van der Waals surface area (Å²) in [6.45, 7) is 2.41. The SMILES string of the molecule is Cc1ccc(C(CN)n2ccnc2-c2cccs2)o1. The van der Waals surface area contributed by atoms with Crippen molar-refractivity contribution in [2.75, 3.05) is 6.54 Å².